The van der Waals surface area contributed by atoms with E-state index >= 15 is 0 Å². The highest BCUT2D eigenvalue weighted by molar-refractivity contribution is 6.46. The van der Waals surface area contributed by atoms with Gasteiger partial charge in [0.1, 0.15) is 11.5 Å². The normalized spacial score (nSPS) is 18.6. The van der Waals surface area contributed by atoms with Crippen molar-refractivity contribution >= 4 is 29.1 Å². The first-order valence-corrected chi connectivity index (χ1v) is 9.14. The maximum Gasteiger partial charge on any atom is 0.295 e. The Morgan fingerprint density at radius 2 is 1.75 bits per heavy atom. The molecule has 6 nitrogen and oxygen atoms in total. The lowest BCUT2D eigenvalue weighted by molar-refractivity contribution is -0.140. The van der Waals surface area contributed by atoms with Crippen LogP contribution in [-0.2, 0) is 14.3 Å². The maximum absolute atomic E-state index is 12.8. The topological polar surface area (TPSA) is 87.1 Å². The van der Waals surface area contributed by atoms with Crippen molar-refractivity contribution in [3.8, 4) is 5.75 Å². The number of aliphatic hydroxyl groups excluding tert-OH is 1. The van der Waals surface area contributed by atoms with Crippen LogP contribution < -0.4 is 0 Å². The number of hydrogen-bond donors (Lipinski definition) is 2. The van der Waals surface area contributed by atoms with E-state index in [-0.39, 0.29) is 17.1 Å². The van der Waals surface area contributed by atoms with E-state index in [2.05, 4.69) is 0 Å². The second-order valence-electron chi connectivity index (χ2n) is 6.44. The molecule has 1 saturated heterocycles. The summed E-state index contributed by atoms with van der Waals surface area (Å²) in [7, 11) is 1.56. The molecule has 3 rings (SSSR count). The van der Waals surface area contributed by atoms with Gasteiger partial charge in [0.25, 0.3) is 11.7 Å². The number of carbonyl (C=O) groups is 2. The van der Waals surface area contributed by atoms with Crippen LogP contribution in [0.4, 0.5) is 0 Å². The molecule has 2 aromatic rings. The van der Waals surface area contributed by atoms with Gasteiger partial charge in [-0.15, -0.1) is 0 Å². The minimum absolute atomic E-state index is 0.00966. The van der Waals surface area contributed by atoms with Crippen LogP contribution in [0.5, 0.6) is 5.75 Å². The Labute approximate surface area is 167 Å². The lowest BCUT2D eigenvalue weighted by Gasteiger charge is -2.25. The van der Waals surface area contributed by atoms with Crippen LogP contribution in [0.2, 0.25) is 5.02 Å². The molecule has 0 aliphatic carbocycles. The first-order valence-electron chi connectivity index (χ1n) is 8.76. The third-order valence-corrected chi connectivity index (χ3v) is 4.87. The Bertz CT molecular complexity index is 905. The molecule has 1 amide bonds. The lowest BCUT2D eigenvalue weighted by Crippen LogP contribution is -2.31. The van der Waals surface area contributed by atoms with Gasteiger partial charge < -0.3 is 19.8 Å². The molecule has 0 radical (unpaired) electrons. The number of methoxy groups -OCH3 is 1. The summed E-state index contributed by atoms with van der Waals surface area (Å²) in [4.78, 5) is 26.9. The molecule has 7 heteroatoms. The zero-order chi connectivity index (χ0) is 20.3. The van der Waals surface area contributed by atoms with E-state index in [1.165, 1.54) is 17.0 Å². The van der Waals surface area contributed by atoms with Gasteiger partial charge in [-0.05, 0) is 48.4 Å². The van der Waals surface area contributed by atoms with E-state index in [1.54, 1.807) is 43.5 Å². The van der Waals surface area contributed by atoms with Crippen LogP contribution in [0.3, 0.4) is 0 Å². The molecule has 28 heavy (non-hydrogen) atoms. The summed E-state index contributed by atoms with van der Waals surface area (Å²) < 4.78 is 5.05. The number of Topliss-reactive ketones (excluding diaryl/α,β-unsaturated/α-hetero) is 1. The molecule has 0 spiro atoms. The number of aromatic hydroxyl groups is 1. The summed E-state index contributed by atoms with van der Waals surface area (Å²) in [5.41, 5.74) is 1.02. The number of hydrogen-bond acceptors (Lipinski definition) is 5. The van der Waals surface area contributed by atoms with Crippen molar-refractivity contribution in [1.82, 2.24) is 4.90 Å². The average Bonchev–Trinajstić information content (AvgIpc) is 2.94. The van der Waals surface area contributed by atoms with Crippen molar-refractivity contribution in [2.45, 2.75) is 12.5 Å². The molecule has 0 bridgehead atoms. The van der Waals surface area contributed by atoms with Gasteiger partial charge in [-0.1, -0.05) is 23.7 Å². The Balaban J connectivity index is 2.10. The van der Waals surface area contributed by atoms with Gasteiger partial charge in [-0.3, -0.25) is 9.59 Å². The van der Waals surface area contributed by atoms with Crippen molar-refractivity contribution in [3.05, 3.63) is 70.3 Å². The van der Waals surface area contributed by atoms with Crippen molar-refractivity contribution < 1.29 is 24.5 Å². The average molecular weight is 402 g/mol. The van der Waals surface area contributed by atoms with Gasteiger partial charge in [0.05, 0.1) is 11.6 Å². The number of rotatable bonds is 6. The first kappa shape index (κ1) is 19.9. The third-order valence-electron chi connectivity index (χ3n) is 4.61. The molecule has 0 unspecified atom stereocenters. The highest BCUT2D eigenvalue weighted by atomic mass is 35.5. The molecule has 1 fully saturated rings. The van der Waals surface area contributed by atoms with Crippen LogP contribution in [0.15, 0.2) is 54.1 Å². The molecule has 2 aromatic carbocycles. The van der Waals surface area contributed by atoms with Crippen molar-refractivity contribution in [2.75, 3.05) is 20.3 Å². The van der Waals surface area contributed by atoms with Gasteiger partial charge in [0.2, 0.25) is 0 Å². The highest BCUT2D eigenvalue weighted by Gasteiger charge is 2.45. The van der Waals surface area contributed by atoms with Crippen molar-refractivity contribution in [3.63, 3.8) is 0 Å². The number of nitrogens with zero attached hydrogens (tertiary/aromatic N) is 1. The molecular formula is C21H20ClNO5. The van der Waals surface area contributed by atoms with E-state index in [0.29, 0.717) is 35.7 Å². The Morgan fingerprint density at radius 3 is 2.36 bits per heavy atom. The second kappa shape index (κ2) is 8.46. The third kappa shape index (κ3) is 3.88. The van der Waals surface area contributed by atoms with E-state index in [4.69, 9.17) is 16.3 Å². The zero-order valence-corrected chi connectivity index (χ0v) is 16.0. The van der Waals surface area contributed by atoms with E-state index in [0.717, 1.165) is 0 Å². The van der Waals surface area contributed by atoms with Crippen molar-refractivity contribution in [1.29, 1.82) is 0 Å². The summed E-state index contributed by atoms with van der Waals surface area (Å²) in [6.07, 6.45) is 0.541. The number of phenolic OH excluding ortho intramolecular Hbond substituents is 1. The number of likely N-dealkylation sites (tertiary alicyclic amines) is 1. The number of halogens is 1. The monoisotopic (exact) mass is 401 g/mol. The highest BCUT2D eigenvalue weighted by Crippen LogP contribution is 2.39. The fourth-order valence-electron chi connectivity index (χ4n) is 3.26. The van der Waals surface area contributed by atoms with Gasteiger partial charge >= 0.3 is 0 Å². The largest absolute Gasteiger partial charge is 0.508 e. The molecule has 0 aromatic heterocycles. The fourth-order valence-corrected chi connectivity index (χ4v) is 3.38. The zero-order valence-electron chi connectivity index (χ0n) is 15.3. The standard InChI is InChI=1S/C21H20ClNO5/c1-28-12-2-11-23-18(13-5-9-16(24)10-6-13)17(20(26)21(23)27)19(25)14-3-7-15(22)8-4-14/h3-10,18,24-25H,2,11-12H2,1H3/b19-17+/t18-/m0/s1. The SMILES string of the molecule is COCCCN1C(=O)C(=O)/C(=C(/O)c2ccc(Cl)cc2)[C@@H]1c1ccc(O)cc1. The number of ketones is 1. The number of benzene rings is 2. The van der Waals surface area contributed by atoms with Crippen LogP contribution in [-0.4, -0.2) is 47.1 Å². The van der Waals surface area contributed by atoms with E-state index in [1.807, 2.05) is 0 Å². The lowest BCUT2D eigenvalue weighted by atomic mass is 9.95. The maximum atomic E-state index is 12.8. The summed E-state index contributed by atoms with van der Waals surface area (Å²) >= 11 is 5.90. The Hall–Kier alpha value is -2.83. The van der Waals surface area contributed by atoms with Gasteiger partial charge in [0.15, 0.2) is 0 Å². The smallest absolute Gasteiger partial charge is 0.295 e. The quantitative estimate of drug-likeness (QED) is 0.335. The molecule has 1 heterocycles. The summed E-state index contributed by atoms with van der Waals surface area (Å²) in [6.45, 7) is 0.726. The molecular weight excluding hydrogens is 382 g/mol. The van der Waals surface area contributed by atoms with Gasteiger partial charge in [-0.25, -0.2) is 0 Å². The summed E-state index contributed by atoms with van der Waals surface area (Å²) in [5.74, 6) is -1.62. The van der Waals surface area contributed by atoms with Crippen LogP contribution >= 0.6 is 11.6 Å². The predicted molar refractivity (Wildman–Crippen MR) is 105 cm³/mol. The molecule has 146 valence electrons. The van der Waals surface area contributed by atoms with Crippen LogP contribution in [0.25, 0.3) is 5.76 Å². The molecule has 0 saturated carbocycles. The fraction of sp³-hybridized carbons (Fsp3) is 0.238. The number of amides is 1. The Kier molecular flexibility index (Phi) is 6.02. The van der Waals surface area contributed by atoms with E-state index in [9.17, 15) is 19.8 Å². The molecule has 1 atom stereocenters. The minimum Gasteiger partial charge on any atom is -0.508 e. The molecule has 1 aliphatic heterocycles. The van der Waals surface area contributed by atoms with Crippen molar-refractivity contribution in [2.24, 2.45) is 0 Å². The van der Waals surface area contributed by atoms with Crippen LogP contribution in [0, 0.1) is 0 Å². The van der Waals surface area contributed by atoms with Gasteiger partial charge in [-0.2, -0.15) is 0 Å². The van der Waals surface area contributed by atoms with Crippen LogP contribution in [0.1, 0.15) is 23.6 Å². The van der Waals surface area contributed by atoms with Gasteiger partial charge in [0, 0.05) is 30.8 Å². The number of aliphatic hydroxyl groups is 1. The molecule has 1 aliphatic rings. The summed E-state index contributed by atoms with van der Waals surface area (Å²) in [5, 5.41) is 20.9. The Morgan fingerprint density at radius 1 is 1.11 bits per heavy atom. The number of phenols is 1. The minimum atomic E-state index is -0.756. The van der Waals surface area contributed by atoms with E-state index < -0.39 is 17.7 Å². The second-order valence-corrected chi connectivity index (χ2v) is 6.87. The summed E-state index contributed by atoms with van der Waals surface area (Å²) in [6, 6.07) is 11.8. The molecule has 2 N–H and O–H groups in total. The number of carbonyl (C=O) groups excluding carboxylic acids is 2. The predicted octanol–water partition coefficient (Wildman–Crippen LogP) is 3.50. The first-order chi connectivity index (χ1) is 13.4. The number of ether oxygens (including phenoxy) is 1.